The fraction of sp³-hybridized carbons (Fsp3) is 0.571. The molecule has 3 heteroatoms. The summed E-state index contributed by atoms with van der Waals surface area (Å²) in [6.45, 7) is 10.1. The van der Waals surface area contributed by atoms with Gasteiger partial charge in [0.1, 0.15) is 0 Å². The van der Waals surface area contributed by atoms with Crippen LogP contribution in [-0.4, -0.2) is 18.2 Å². The average Bonchev–Trinajstić information content (AvgIpc) is 2.16. The molecule has 2 nitrogen and oxygen atoms in total. The predicted octanol–water partition coefficient (Wildman–Crippen LogP) is 3.09. The van der Waals surface area contributed by atoms with Gasteiger partial charge in [-0.2, -0.15) is 0 Å². The Bertz CT molecular complexity index is 316. The third kappa shape index (κ3) is 6.67. The summed E-state index contributed by atoms with van der Waals surface area (Å²) < 4.78 is 0. The van der Waals surface area contributed by atoms with Crippen LogP contribution in [0.3, 0.4) is 0 Å². The second-order valence-corrected chi connectivity index (χ2v) is 5.62. The van der Waals surface area contributed by atoms with Gasteiger partial charge in [-0.25, -0.2) is 0 Å². The lowest BCUT2D eigenvalue weighted by Gasteiger charge is -2.20. The zero-order valence-electron chi connectivity index (χ0n) is 11.2. The minimum absolute atomic E-state index is 0. The first-order chi connectivity index (χ1) is 7.38. The van der Waals surface area contributed by atoms with E-state index in [4.69, 9.17) is 0 Å². The van der Waals surface area contributed by atoms with E-state index in [-0.39, 0.29) is 17.8 Å². The Morgan fingerprint density at radius 3 is 2.18 bits per heavy atom. The molecule has 1 aromatic rings. The molecular weight excluding hydrogens is 234 g/mol. The summed E-state index contributed by atoms with van der Waals surface area (Å²) in [4.78, 5) is 0. The van der Waals surface area contributed by atoms with Crippen molar-refractivity contribution in [3.8, 4) is 0 Å². The third-order valence-electron chi connectivity index (χ3n) is 2.46. The van der Waals surface area contributed by atoms with Gasteiger partial charge in [0.15, 0.2) is 0 Å². The van der Waals surface area contributed by atoms with E-state index in [1.54, 1.807) is 0 Å². The van der Waals surface area contributed by atoms with E-state index < -0.39 is 6.10 Å². The molecule has 0 aromatic heterocycles. The molecule has 2 N–H and O–H groups in total. The van der Waals surface area contributed by atoms with Crippen molar-refractivity contribution >= 4 is 12.4 Å². The van der Waals surface area contributed by atoms with Crippen molar-refractivity contribution in [3.05, 3.63) is 35.4 Å². The Kier molecular flexibility index (Phi) is 6.76. The summed E-state index contributed by atoms with van der Waals surface area (Å²) in [6.07, 6.45) is -0.414. The van der Waals surface area contributed by atoms with Gasteiger partial charge in [0.2, 0.25) is 0 Å². The fourth-order valence-electron chi connectivity index (χ4n) is 1.49. The second-order valence-electron chi connectivity index (χ2n) is 5.62. The maximum Gasteiger partial charge on any atom is 0.0914 e. The first kappa shape index (κ1) is 16.4. The molecule has 0 bridgehead atoms. The van der Waals surface area contributed by atoms with E-state index in [2.05, 4.69) is 26.1 Å². The molecule has 0 aliphatic carbocycles. The average molecular weight is 258 g/mol. The van der Waals surface area contributed by atoms with Crippen LogP contribution < -0.4 is 5.32 Å². The van der Waals surface area contributed by atoms with Gasteiger partial charge < -0.3 is 10.4 Å². The molecule has 1 unspecified atom stereocenters. The Morgan fingerprint density at radius 1 is 1.18 bits per heavy atom. The van der Waals surface area contributed by atoms with Gasteiger partial charge in [-0.15, -0.1) is 12.4 Å². The highest BCUT2D eigenvalue weighted by Crippen LogP contribution is 2.14. The molecule has 0 fully saturated rings. The molecule has 1 rings (SSSR count). The number of hydrogen-bond acceptors (Lipinski definition) is 2. The number of hydrogen-bond donors (Lipinski definition) is 2. The molecule has 0 amide bonds. The first-order valence-electron chi connectivity index (χ1n) is 5.84. The van der Waals surface area contributed by atoms with Crippen LogP contribution in [0.25, 0.3) is 0 Å². The first-order valence-corrected chi connectivity index (χ1v) is 5.84. The highest BCUT2D eigenvalue weighted by atomic mass is 35.5. The molecule has 0 saturated carbocycles. The van der Waals surface area contributed by atoms with Crippen molar-refractivity contribution in [2.45, 2.75) is 33.8 Å². The van der Waals surface area contributed by atoms with Crippen LogP contribution in [0.5, 0.6) is 0 Å². The number of aliphatic hydroxyl groups excluding tert-OH is 1. The minimum atomic E-state index is -0.414. The molecule has 0 saturated heterocycles. The molecule has 0 aliphatic heterocycles. The summed E-state index contributed by atoms with van der Waals surface area (Å²) in [7, 11) is 0. The highest BCUT2D eigenvalue weighted by Gasteiger charge is 2.11. The molecule has 1 atom stereocenters. The fourth-order valence-corrected chi connectivity index (χ4v) is 1.49. The van der Waals surface area contributed by atoms with Crippen LogP contribution in [0.4, 0.5) is 0 Å². The normalized spacial score (nSPS) is 13.0. The standard InChI is InChI=1S/C14H23NO.ClH/c1-11-5-7-12(8-6-11)13(16)9-15-10-14(2,3)4;/h5-8,13,15-16H,9-10H2,1-4H3;1H. The Balaban J connectivity index is 0.00000256. The van der Waals surface area contributed by atoms with Gasteiger partial charge in [-0.3, -0.25) is 0 Å². The zero-order chi connectivity index (χ0) is 12.2. The van der Waals surface area contributed by atoms with E-state index in [1.165, 1.54) is 5.56 Å². The number of aryl methyl sites for hydroxylation is 1. The zero-order valence-corrected chi connectivity index (χ0v) is 12.0. The van der Waals surface area contributed by atoms with E-state index in [9.17, 15) is 5.11 Å². The van der Waals surface area contributed by atoms with Gasteiger partial charge in [-0.1, -0.05) is 50.6 Å². The maximum atomic E-state index is 9.95. The molecule has 17 heavy (non-hydrogen) atoms. The monoisotopic (exact) mass is 257 g/mol. The van der Waals surface area contributed by atoms with Crippen LogP contribution in [0.1, 0.15) is 38.0 Å². The summed E-state index contributed by atoms with van der Waals surface area (Å²) in [5.74, 6) is 0. The lowest BCUT2D eigenvalue weighted by atomic mass is 9.97. The molecule has 0 heterocycles. The molecule has 0 spiro atoms. The van der Waals surface area contributed by atoms with Crippen LogP contribution in [0, 0.1) is 12.3 Å². The quantitative estimate of drug-likeness (QED) is 0.869. The van der Waals surface area contributed by atoms with Crippen molar-refractivity contribution < 1.29 is 5.11 Å². The van der Waals surface area contributed by atoms with E-state index in [0.29, 0.717) is 6.54 Å². The molecule has 0 radical (unpaired) electrons. The van der Waals surface area contributed by atoms with Crippen LogP contribution in [0.15, 0.2) is 24.3 Å². The minimum Gasteiger partial charge on any atom is -0.387 e. The van der Waals surface area contributed by atoms with Crippen LogP contribution >= 0.6 is 12.4 Å². The molecular formula is C14H24ClNO. The Hall–Kier alpha value is -0.570. The van der Waals surface area contributed by atoms with Crippen molar-refractivity contribution in [1.82, 2.24) is 5.32 Å². The molecule has 0 aliphatic rings. The topological polar surface area (TPSA) is 32.3 Å². The van der Waals surface area contributed by atoms with Crippen LogP contribution in [-0.2, 0) is 0 Å². The van der Waals surface area contributed by atoms with Crippen molar-refractivity contribution in [1.29, 1.82) is 0 Å². The van der Waals surface area contributed by atoms with E-state index in [1.807, 2.05) is 31.2 Å². The Morgan fingerprint density at radius 2 is 1.71 bits per heavy atom. The van der Waals surface area contributed by atoms with Crippen LogP contribution in [0.2, 0.25) is 0 Å². The van der Waals surface area contributed by atoms with Gasteiger partial charge in [0.05, 0.1) is 6.10 Å². The van der Waals surface area contributed by atoms with Crippen molar-refractivity contribution in [2.24, 2.45) is 5.41 Å². The van der Waals surface area contributed by atoms with E-state index in [0.717, 1.165) is 12.1 Å². The highest BCUT2D eigenvalue weighted by molar-refractivity contribution is 5.85. The Labute approximate surface area is 111 Å². The molecule has 1 aromatic carbocycles. The molecule has 98 valence electrons. The number of nitrogens with one attached hydrogen (secondary N) is 1. The van der Waals surface area contributed by atoms with Crippen molar-refractivity contribution in [2.75, 3.05) is 13.1 Å². The van der Waals surface area contributed by atoms with Crippen molar-refractivity contribution in [3.63, 3.8) is 0 Å². The number of rotatable bonds is 4. The second kappa shape index (κ2) is 7.00. The summed E-state index contributed by atoms with van der Waals surface area (Å²) in [6, 6.07) is 8.03. The van der Waals surface area contributed by atoms with Gasteiger partial charge in [-0.05, 0) is 17.9 Å². The lowest BCUT2D eigenvalue weighted by Crippen LogP contribution is -2.30. The SMILES string of the molecule is Cc1ccc(C(O)CNCC(C)(C)C)cc1.Cl. The summed E-state index contributed by atoms with van der Waals surface area (Å²) in [5, 5.41) is 13.2. The lowest BCUT2D eigenvalue weighted by molar-refractivity contribution is 0.170. The summed E-state index contributed by atoms with van der Waals surface area (Å²) in [5.41, 5.74) is 2.46. The van der Waals surface area contributed by atoms with Gasteiger partial charge >= 0.3 is 0 Å². The summed E-state index contributed by atoms with van der Waals surface area (Å²) >= 11 is 0. The largest absolute Gasteiger partial charge is 0.387 e. The number of benzene rings is 1. The third-order valence-corrected chi connectivity index (χ3v) is 2.46. The van der Waals surface area contributed by atoms with Gasteiger partial charge in [0, 0.05) is 13.1 Å². The number of halogens is 1. The maximum absolute atomic E-state index is 9.95. The predicted molar refractivity (Wildman–Crippen MR) is 75.7 cm³/mol. The number of aliphatic hydroxyl groups is 1. The van der Waals surface area contributed by atoms with E-state index >= 15 is 0 Å². The van der Waals surface area contributed by atoms with Gasteiger partial charge in [0.25, 0.3) is 0 Å². The smallest absolute Gasteiger partial charge is 0.0914 e.